The van der Waals surface area contributed by atoms with Crippen molar-refractivity contribution < 1.29 is 8.42 Å². The maximum absolute atomic E-state index is 11.1. The Morgan fingerprint density at radius 2 is 1.92 bits per heavy atom. The molecule has 1 rings (SSSR count). The molecule has 0 amide bonds. The highest BCUT2D eigenvalue weighted by molar-refractivity contribution is 7.92. The average Bonchev–Trinajstić information content (AvgIpc) is 1.83. The summed E-state index contributed by atoms with van der Waals surface area (Å²) < 4.78 is 24.6. The molecule has 0 aromatic carbocycles. The van der Waals surface area contributed by atoms with Gasteiger partial charge in [0.25, 0.3) is 10.0 Å². The number of sulfonamides is 1. The lowest BCUT2D eigenvalue weighted by Crippen LogP contribution is -2.30. The largest absolute Gasteiger partial charge is 0.283 e. The highest BCUT2D eigenvalue weighted by Crippen LogP contribution is 2.25. The van der Waals surface area contributed by atoms with Gasteiger partial charge in [0.15, 0.2) is 0 Å². The van der Waals surface area contributed by atoms with Gasteiger partial charge in [-0.1, -0.05) is 20.8 Å². The summed E-state index contributed by atoms with van der Waals surface area (Å²) >= 11 is 0. The van der Waals surface area contributed by atoms with Gasteiger partial charge in [-0.3, -0.25) is 4.72 Å². The van der Waals surface area contributed by atoms with Crippen LogP contribution in [0.1, 0.15) is 20.8 Å². The molecule has 1 heterocycles. The zero-order chi connectivity index (χ0) is 9.41. The molecule has 0 atom stereocenters. The number of hydrogen-bond donors (Lipinski definition) is 1. The number of nitrogens with one attached hydrogen (secondary N) is 1. The van der Waals surface area contributed by atoms with E-state index < -0.39 is 10.0 Å². The van der Waals surface area contributed by atoms with E-state index in [0.29, 0.717) is 0 Å². The lowest BCUT2D eigenvalue weighted by atomic mass is 9.92. The van der Waals surface area contributed by atoms with E-state index in [1.807, 2.05) is 20.8 Å². The molecule has 12 heavy (non-hydrogen) atoms. The average molecular weight is 187 g/mol. The lowest BCUT2D eigenvalue weighted by Gasteiger charge is -2.24. The van der Waals surface area contributed by atoms with Crippen LogP contribution < -0.4 is 4.72 Å². The Balaban J connectivity index is 2.99. The van der Waals surface area contributed by atoms with Crippen LogP contribution in [0.3, 0.4) is 0 Å². The van der Waals surface area contributed by atoms with E-state index in [4.69, 9.17) is 0 Å². The van der Waals surface area contributed by atoms with Gasteiger partial charge < -0.3 is 0 Å². The Hall–Kier alpha value is -0.770. The molecule has 0 unspecified atom stereocenters. The third-order valence-electron chi connectivity index (χ3n) is 1.58. The molecule has 0 aromatic heterocycles. The fraction of sp³-hybridized carbons (Fsp3) is 0.500. The summed E-state index contributed by atoms with van der Waals surface area (Å²) in [6.45, 7) is 5.88. The van der Waals surface area contributed by atoms with Crippen molar-refractivity contribution in [2.45, 2.75) is 20.8 Å². The van der Waals surface area contributed by atoms with E-state index in [0.717, 1.165) is 11.1 Å². The van der Waals surface area contributed by atoms with E-state index in [9.17, 15) is 8.42 Å². The second-order valence-corrected chi connectivity index (χ2v) is 5.37. The first-order valence-electron chi connectivity index (χ1n) is 3.73. The standard InChI is InChI=1S/C8H13NO2S/c1-8(2,3)7-5-4-6-12(10,11)9-7/h4-6,9H,1-3H3. The Labute approximate surface area is 73.2 Å². The summed E-state index contributed by atoms with van der Waals surface area (Å²) in [4.78, 5) is 0. The van der Waals surface area contributed by atoms with Gasteiger partial charge in [-0.05, 0) is 12.2 Å². The molecule has 1 N–H and O–H groups in total. The molecule has 0 aromatic rings. The van der Waals surface area contributed by atoms with Gasteiger partial charge in [0.2, 0.25) is 0 Å². The van der Waals surface area contributed by atoms with Crippen molar-refractivity contribution in [3.8, 4) is 0 Å². The number of allylic oxidation sites excluding steroid dienone is 3. The van der Waals surface area contributed by atoms with Gasteiger partial charge in [-0.2, -0.15) is 0 Å². The van der Waals surface area contributed by atoms with Gasteiger partial charge >= 0.3 is 0 Å². The summed E-state index contributed by atoms with van der Waals surface area (Å²) in [5.74, 6) is 0. The summed E-state index contributed by atoms with van der Waals surface area (Å²) in [6, 6.07) is 0. The minimum Gasteiger partial charge on any atom is -0.283 e. The Morgan fingerprint density at radius 3 is 2.25 bits per heavy atom. The fourth-order valence-corrected chi connectivity index (χ4v) is 1.90. The molecule has 0 fully saturated rings. The first-order valence-corrected chi connectivity index (χ1v) is 5.27. The summed E-state index contributed by atoms with van der Waals surface area (Å²) in [7, 11) is -3.21. The van der Waals surface area contributed by atoms with Crippen LogP contribution in [0.4, 0.5) is 0 Å². The van der Waals surface area contributed by atoms with E-state index in [1.54, 1.807) is 12.2 Å². The van der Waals surface area contributed by atoms with Crippen LogP contribution in [0.2, 0.25) is 0 Å². The zero-order valence-corrected chi connectivity index (χ0v) is 8.27. The fourth-order valence-electron chi connectivity index (χ4n) is 0.863. The smallest absolute Gasteiger partial charge is 0.254 e. The van der Waals surface area contributed by atoms with Gasteiger partial charge in [0.1, 0.15) is 0 Å². The van der Waals surface area contributed by atoms with E-state index in [1.165, 1.54) is 0 Å². The highest BCUT2D eigenvalue weighted by Gasteiger charge is 2.22. The van der Waals surface area contributed by atoms with Crippen LogP contribution in [-0.4, -0.2) is 8.42 Å². The zero-order valence-electron chi connectivity index (χ0n) is 7.46. The van der Waals surface area contributed by atoms with Crippen LogP contribution in [0.25, 0.3) is 0 Å². The minimum atomic E-state index is -3.21. The van der Waals surface area contributed by atoms with Crippen LogP contribution in [-0.2, 0) is 10.0 Å². The Bertz CT molecular complexity index is 331. The lowest BCUT2D eigenvalue weighted by molar-refractivity contribution is 0.479. The molecule has 3 nitrogen and oxygen atoms in total. The van der Waals surface area contributed by atoms with Crippen molar-refractivity contribution in [2.24, 2.45) is 5.41 Å². The molecule has 68 valence electrons. The van der Waals surface area contributed by atoms with Crippen molar-refractivity contribution in [2.75, 3.05) is 0 Å². The topological polar surface area (TPSA) is 46.2 Å². The summed E-state index contributed by atoms with van der Waals surface area (Å²) in [5, 5.41) is 1.16. The quantitative estimate of drug-likeness (QED) is 0.622. The molecule has 4 heteroatoms. The summed E-state index contributed by atoms with van der Waals surface area (Å²) in [6.07, 6.45) is 3.33. The monoisotopic (exact) mass is 187 g/mol. The van der Waals surface area contributed by atoms with Crippen LogP contribution in [0.5, 0.6) is 0 Å². The van der Waals surface area contributed by atoms with Gasteiger partial charge in [-0.15, -0.1) is 0 Å². The Morgan fingerprint density at radius 1 is 1.33 bits per heavy atom. The molecule has 0 aliphatic carbocycles. The molecule has 0 bridgehead atoms. The third-order valence-corrected chi connectivity index (χ3v) is 2.60. The maximum Gasteiger partial charge on any atom is 0.254 e. The molecule has 0 saturated carbocycles. The molecular weight excluding hydrogens is 174 g/mol. The van der Waals surface area contributed by atoms with Crippen molar-refractivity contribution in [1.82, 2.24) is 4.72 Å². The maximum atomic E-state index is 11.1. The molecule has 1 aliphatic heterocycles. The van der Waals surface area contributed by atoms with Crippen molar-refractivity contribution in [3.05, 3.63) is 23.3 Å². The van der Waals surface area contributed by atoms with Crippen LogP contribution in [0.15, 0.2) is 23.3 Å². The SMILES string of the molecule is CC(C)(C)C1=CC=CS(=O)(=O)N1. The van der Waals surface area contributed by atoms with Crippen molar-refractivity contribution in [3.63, 3.8) is 0 Å². The van der Waals surface area contributed by atoms with Gasteiger partial charge in [0.05, 0.1) is 5.41 Å². The highest BCUT2D eigenvalue weighted by atomic mass is 32.2. The first-order chi connectivity index (χ1) is 5.31. The number of rotatable bonds is 0. The second-order valence-electron chi connectivity index (χ2n) is 3.81. The van der Waals surface area contributed by atoms with Crippen molar-refractivity contribution in [1.29, 1.82) is 0 Å². The molecular formula is C8H13NO2S. The van der Waals surface area contributed by atoms with E-state index in [-0.39, 0.29) is 5.41 Å². The van der Waals surface area contributed by atoms with Crippen molar-refractivity contribution >= 4 is 10.0 Å². The van der Waals surface area contributed by atoms with Gasteiger partial charge in [0, 0.05) is 11.1 Å². The molecule has 0 spiro atoms. The van der Waals surface area contributed by atoms with E-state index in [2.05, 4.69) is 4.72 Å². The molecule has 0 saturated heterocycles. The first kappa shape index (κ1) is 9.32. The number of hydrogen-bond acceptors (Lipinski definition) is 2. The van der Waals surface area contributed by atoms with Gasteiger partial charge in [-0.25, -0.2) is 8.42 Å². The normalized spacial score (nSPS) is 21.4. The molecule has 1 aliphatic rings. The van der Waals surface area contributed by atoms with Crippen LogP contribution >= 0.6 is 0 Å². The summed E-state index contributed by atoms with van der Waals surface area (Å²) in [5.41, 5.74) is 0.572. The Kier molecular flexibility index (Phi) is 2.04. The van der Waals surface area contributed by atoms with E-state index >= 15 is 0 Å². The van der Waals surface area contributed by atoms with Crippen LogP contribution in [0, 0.1) is 5.41 Å². The minimum absolute atomic E-state index is 0.155. The predicted octanol–water partition coefficient (Wildman–Crippen LogP) is 1.36. The third kappa shape index (κ3) is 2.11. The molecule has 0 radical (unpaired) electrons. The second kappa shape index (κ2) is 2.62. The predicted molar refractivity (Wildman–Crippen MR) is 48.7 cm³/mol.